The predicted molar refractivity (Wildman–Crippen MR) is 63.4 cm³/mol. The van der Waals surface area contributed by atoms with Gasteiger partial charge in [0.2, 0.25) is 0 Å². The molecule has 96 valence electrons. The van der Waals surface area contributed by atoms with Gasteiger partial charge < -0.3 is 20.3 Å². The van der Waals surface area contributed by atoms with Crippen molar-refractivity contribution in [3.05, 3.63) is 0 Å². The molecule has 0 amide bonds. The Morgan fingerprint density at radius 3 is 2.50 bits per heavy atom. The third-order valence-corrected chi connectivity index (χ3v) is 3.66. The van der Waals surface area contributed by atoms with Crippen molar-refractivity contribution in [1.82, 2.24) is 5.32 Å². The monoisotopic (exact) mass is 231 g/mol. The van der Waals surface area contributed by atoms with Crippen LogP contribution < -0.4 is 5.32 Å². The van der Waals surface area contributed by atoms with Gasteiger partial charge in [0, 0.05) is 51.2 Å². The Balaban J connectivity index is 2.28. The first-order chi connectivity index (χ1) is 7.54. The van der Waals surface area contributed by atoms with Gasteiger partial charge in [0.1, 0.15) is 0 Å². The minimum Gasteiger partial charge on any atom is -0.396 e. The minimum absolute atomic E-state index is 0.0818. The maximum atomic E-state index is 10.2. The molecule has 0 aliphatic carbocycles. The summed E-state index contributed by atoms with van der Waals surface area (Å²) >= 11 is 0. The fourth-order valence-electron chi connectivity index (χ4n) is 1.82. The highest BCUT2D eigenvalue weighted by Gasteiger charge is 2.30. The Morgan fingerprint density at radius 2 is 2.00 bits per heavy atom. The normalized spacial score (nSPS) is 24.0. The van der Waals surface area contributed by atoms with Crippen molar-refractivity contribution in [3.8, 4) is 0 Å². The maximum Gasteiger partial charge on any atom is 0.0815 e. The second-order valence-corrected chi connectivity index (χ2v) is 5.26. The molecule has 4 nitrogen and oxygen atoms in total. The molecule has 1 rings (SSSR count). The molecular formula is C12H25NO3. The van der Waals surface area contributed by atoms with Crippen molar-refractivity contribution in [2.45, 2.75) is 38.7 Å². The zero-order chi connectivity index (χ0) is 12.1. The number of hydrogen-bond acceptors (Lipinski definition) is 4. The van der Waals surface area contributed by atoms with E-state index in [1.807, 2.05) is 6.92 Å². The van der Waals surface area contributed by atoms with E-state index in [0.29, 0.717) is 32.6 Å². The number of hydrogen-bond donors (Lipinski definition) is 3. The third kappa shape index (κ3) is 4.01. The van der Waals surface area contributed by atoms with Gasteiger partial charge in [-0.15, -0.1) is 0 Å². The van der Waals surface area contributed by atoms with Gasteiger partial charge in [0.05, 0.1) is 5.60 Å². The molecule has 16 heavy (non-hydrogen) atoms. The lowest BCUT2D eigenvalue weighted by molar-refractivity contribution is -0.0628. The van der Waals surface area contributed by atoms with Gasteiger partial charge >= 0.3 is 0 Å². The predicted octanol–water partition coefficient (Wildman–Crippen LogP) is 0.526. The van der Waals surface area contributed by atoms with Crippen LogP contribution in [0.25, 0.3) is 0 Å². The zero-order valence-electron chi connectivity index (χ0n) is 10.5. The van der Waals surface area contributed by atoms with E-state index in [1.54, 1.807) is 0 Å². The molecule has 0 spiro atoms. The Kier molecular flexibility index (Phi) is 5.18. The van der Waals surface area contributed by atoms with E-state index in [-0.39, 0.29) is 12.0 Å². The minimum atomic E-state index is -0.623. The van der Waals surface area contributed by atoms with Gasteiger partial charge in [-0.25, -0.2) is 0 Å². The number of nitrogens with one attached hydrogen (secondary N) is 1. The van der Waals surface area contributed by atoms with E-state index in [2.05, 4.69) is 12.2 Å². The summed E-state index contributed by atoms with van der Waals surface area (Å²) < 4.78 is 5.23. The van der Waals surface area contributed by atoms with Gasteiger partial charge in [0.25, 0.3) is 0 Å². The van der Waals surface area contributed by atoms with E-state index in [1.165, 1.54) is 0 Å². The van der Waals surface area contributed by atoms with Crippen molar-refractivity contribution < 1.29 is 14.9 Å². The highest BCUT2D eigenvalue weighted by molar-refractivity contribution is 4.85. The van der Waals surface area contributed by atoms with Crippen molar-refractivity contribution in [1.29, 1.82) is 0 Å². The fourth-order valence-corrected chi connectivity index (χ4v) is 1.82. The number of aliphatic hydroxyl groups is 2. The fraction of sp³-hybridized carbons (Fsp3) is 1.00. The molecule has 3 N–H and O–H groups in total. The number of aliphatic hydroxyl groups excluding tert-OH is 1. The van der Waals surface area contributed by atoms with Crippen molar-refractivity contribution in [3.63, 3.8) is 0 Å². The number of rotatable bonds is 6. The van der Waals surface area contributed by atoms with E-state index >= 15 is 0 Å². The standard InChI is InChI=1S/C12H25NO3/c1-3-11(2,10-14)8-13-9-12(15)4-6-16-7-5-12/h13-15H,3-10H2,1-2H3. The van der Waals surface area contributed by atoms with Crippen molar-refractivity contribution in [2.75, 3.05) is 32.9 Å². The Morgan fingerprint density at radius 1 is 1.38 bits per heavy atom. The molecule has 1 atom stereocenters. The SMILES string of the molecule is CCC(C)(CO)CNCC1(O)CCOCC1. The lowest BCUT2D eigenvalue weighted by atomic mass is 9.88. The topological polar surface area (TPSA) is 61.7 Å². The highest BCUT2D eigenvalue weighted by Crippen LogP contribution is 2.21. The smallest absolute Gasteiger partial charge is 0.0815 e. The third-order valence-electron chi connectivity index (χ3n) is 3.66. The summed E-state index contributed by atoms with van der Waals surface area (Å²) in [6.07, 6.45) is 2.32. The van der Waals surface area contributed by atoms with Crippen LogP contribution >= 0.6 is 0 Å². The van der Waals surface area contributed by atoms with Gasteiger partial charge in [-0.1, -0.05) is 13.8 Å². The van der Waals surface area contributed by atoms with E-state index in [4.69, 9.17) is 4.74 Å². The van der Waals surface area contributed by atoms with Crippen LogP contribution in [0.15, 0.2) is 0 Å². The molecular weight excluding hydrogens is 206 g/mol. The van der Waals surface area contributed by atoms with E-state index in [9.17, 15) is 10.2 Å². The average Bonchev–Trinajstić information content (AvgIpc) is 2.29. The molecule has 1 aliphatic heterocycles. The van der Waals surface area contributed by atoms with Crippen LogP contribution in [-0.4, -0.2) is 48.7 Å². The maximum absolute atomic E-state index is 10.2. The number of ether oxygens (including phenoxy) is 1. The first-order valence-electron chi connectivity index (χ1n) is 6.15. The van der Waals surface area contributed by atoms with Crippen LogP contribution in [0.4, 0.5) is 0 Å². The highest BCUT2D eigenvalue weighted by atomic mass is 16.5. The largest absolute Gasteiger partial charge is 0.396 e. The summed E-state index contributed by atoms with van der Waals surface area (Å²) in [6, 6.07) is 0. The van der Waals surface area contributed by atoms with Crippen LogP contribution in [0.1, 0.15) is 33.1 Å². The Bertz CT molecular complexity index is 198. The van der Waals surface area contributed by atoms with Crippen LogP contribution in [-0.2, 0) is 4.74 Å². The van der Waals surface area contributed by atoms with E-state index < -0.39 is 5.60 Å². The summed E-state index contributed by atoms with van der Waals surface area (Å²) in [5.74, 6) is 0. The van der Waals surface area contributed by atoms with Crippen molar-refractivity contribution in [2.24, 2.45) is 5.41 Å². The molecule has 1 aliphatic rings. The molecule has 0 radical (unpaired) electrons. The van der Waals surface area contributed by atoms with Gasteiger partial charge in [-0.2, -0.15) is 0 Å². The molecule has 4 heteroatoms. The van der Waals surface area contributed by atoms with Gasteiger partial charge in [-0.05, 0) is 6.42 Å². The van der Waals surface area contributed by atoms with Crippen molar-refractivity contribution >= 4 is 0 Å². The molecule has 0 saturated carbocycles. The Hall–Kier alpha value is -0.160. The first-order valence-corrected chi connectivity index (χ1v) is 6.15. The zero-order valence-corrected chi connectivity index (χ0v) is 10.5. The molecule has 0 aromatic heterocycles. The van der Waals surface area contributed by atoms with Crippen LogP contribution in [0, 0.1) is 5.41 Å². The molecule has 1 heterocycles. The summed E-state index contributed by atoms with van der Waals surface area (Å²) in [5.41, 5.74) is -0.704. The van der Waals surface area contributed by atoms with Crippen LogP contribution in [0.5, 0.6) is 0 Å². The second kappa shape index (κ2) is 5.96. The molecule has 1 saturated heterocycles. The van der Waals surface area contributed by atoms with Crippen LogP contribution in [0.3, 0.4) is 0 Å². The quantitative estimate of drug-likeness (QED) is 0.624. The van der Waals surface area contributed by atoms with E-state index in [0.717, 1.165) is 13.0 Å². The lowest BCUT2D eigenvalue weighted by Gasteiger charge is -2.34. The van der Waals surface area contributed by atoms with Gasteiger partial charge in [0.15, 0.2) is 0 Å². The molecule has 0 aromatic carbocycles. The summed E-state index contributed by atoms with van der Waals surface area (Å²) in [4.78, 5) is 0. The lowest BCUT2D eigenvalue weighted by Crippen LogP contribution is -2.47. The molecule has 1 unspecified atom stereocenters. The molecule has 0 aromatic rings. The summed E-state index contributed by atoms with van der Waals surface area (Å²) in [5, 5.41) is 22.7. The van der Waals surface area contributed by atoms with Crippen LogP contribution in [0.2, 0.25) is 0 Å². The molecule has 0 bridgehead atoms. The average molecular weight is 231 g/mol. The first kappa shape index (κ1) is 13.9. The summed E-state index contributed by atoms with van der Waals surface area (Å²) in [7, 11) is 0. The summed E-state index contributed by atoms with van der Waals surface area (Å²) in [6.45, 7) is 6.91. The molecule has 1 fully saturated rings. The Labute approximate surface area is 98.0 Å². The second-order valence-electron chi connectivity index (χ2n) is 5.26. The van der Waals surface area contributed by atoms with Gasteiger partial charge in [-0.3, -0.25) is 0 Å².